The Hall–Kier alpha value is -1.33. The number of hydrogen-bond donors (Lipinski definition) is 1. The quantitative estimate of drug-likeness (QED) is 0.811. The number of carbonyl (C=O) groups is 2. The van der Waals surface area contributed by atoms with E-state index in [0.717, 1.165) is 0 Å². The zero-order chi connectivity index (χ0) is 15.3. The van der Waals surface area contributed by atoms with E-state index in [1.54, 1.807) is 27.7 Å². The minimum absolute atomic E-state index is 0.0826. The first-order valence-corrected chi connectivity index (χ1v) is 7.03. The molecular weight excluding hydrogens is 265 g/mol. The molecule has 0 aliphatic heterocycles. The molecule has 1 saturated carbocycles. The summed E-state index contributed by atoms with van der Waals surface area (Å²) in [5.41, 5.74) is -0.610. The van der Waals surface area contributed by atoms with Crippen LogP contribution in [0.4, 0.5) is 9.18 Å². The fraction of sp³-hybridized carbons (Fsp3) is 0.857. The molecule has 1 rings (SSSR count). The molecule has 0 radical (unpaired) electrons. The molecule has 6 heteroatoms. The number of nitrogens with one attached hydrogen (secondary N) is 1. The zero-order valence-corrected chi connectivity index (χ0v) is 12.6. The van der Waals surface area contributed by atoms with E-state index in [0.29, 0.717) is 12.8 Å². The van der Waals surface area contributed by atoms with E-state index in [1.165, 1.54) is 0 Å². The Bertz CT molecular complexity index is 354. The van der Waals surface area contributed by atoms with Gasteiger partial charge in [-0.05, 0) is 47.0 Å². The van der Waals surface area contributed by atoms with Crippen molar-refractivity contribution in [2.75, 3.05) is 6.61 Å². The van der Waals surface area contributed by atoms with Gasteiger partial charge in [0.25, 0.3) is 0 Å². The molecule has 0 aromatic heterocycles. The van der Waals surface area contributed by atoms with Gasteiger partial charge in [0.05, 0.1) is 12.5 Å². The number of alkyl carbamates (subject to hydrolysis) is 1. The van der Waals surface area contributed by atoms with Crippen LogP contribution in [0.5, 0.6) is 0 Å². The van der Waals surface area contributed by atoms with Gasteiger partial charge in [0.2, 0.25) is 0 Å². The third-order valence-corrected chi connectivity index (χ3v) is 3.08. The molecule has 1 aliphatic rings. The molecule has 1 fully saturated rings. The molecule has 3 atom stereocenters. The van der Waals surface area contributed by atoms with Crippen molar-refractivity contribution in [2.24, 2.45) is 5.92 Å². The van der Waals surface area contributed by atoms with Gasteiger partial charge in [-0.1, -0.05) is 0 Å². The number of ether oxygens (including phenoxy) is 2. The highest BCUT2D eigenvalue weighted by atomic mass is 19.1. The van der Waals surface area contributed by atoms with Crippen LogP contribution in [0.2, 0.25) is 0 Å². The topological polar surface area (TPSA) is 64.6 Å². The van der Waals surface area contributed by atoms with Crippen molar-refractivity contribution in [3.63, 3.8) is 0 Å². The lowest BCUT2D eigenvalue weighted by Crippen LogP contribution is -2.48. The van der Waals surface area contributed by atoms with Crippen LogP contribution in [0.15, 0.2) is 0 Å². The summed E-state index contributed by atoms with van der Waals surface area (Å²) >= 11 is 0. The number of rotatable bonds is 3. The molecule has 0 spiro atoms. The Morgan fingerprint density at radius 3 is 2.50 bits per heavy atom. The lowest BCUT2D eigenvalue weighted by molar-refractivity contribution is -0.150. The van der Waals surface area contributed by atoms with Gasteiger partial charge in [-0.3, -0.25) is 4.79 Å². The summed E-state index contributed by atoms with van der Waals surface area (Å²) in [6, 6.07) is -0.434. The first-order valence-electron chi connectivity index (χ1n) is 7.03. The first-order chi connectivity index (χ1) is 9.23. The Labute approximate surface area is 119 Å². The van der Waals surface area contributed by atoms with E-state index in [4.69, 9.17) is 9.47 Å². The van der Waals surface area contributed by atoms with Crippen LogP contribution in [-0.2, 0) is 14.3 Å². The van der Waals surface area contributed by atoms with Gasteiger partial charge in [0.15, 0.2) is 0 Å². The van der Waals surface area contributed by atoms with Crippen LogP contribution in [-0.4, -0.2) is 36.5 Å². The summed E-state index contributed by atoms with van der Waals surface area (Å²) in [6.07, 6.45) is -0.797. The maximum Gasteiger partial charge on any atom is 0.407 e. The van der Waals surface area contributed by atoms with E-state index in [9.17, 15) is 14.0 Å². The zero-order valence-electron chi connectivity index (χ0n) is 12.6. The number of hydrogen-bond acceptors (Lipinski definition) is 4. The third kappa shape index (κ3) is 5.35. The van der Waals surface area contributed by atoms with Crippen molar-refractivity contribution in [3.8, 4) is 0 Å². The van der Waals surface area contributed by atoms with Gasteiger partial charge in [0.1, 0.15) is 11.8 Å². The summed E-state index contributed by atoms with van der Waals surface area (Å²) in [5, 5.41) is 2.66. The molecule has 1 aliphatic carbocycles. The van der Waals surface area contributed by atoms with E-state index in [-0.39, 0.29) is 13.0 Å². The second kappa shape index (κ2) is 6.90. The van der Waals surface area contributed by atoms with Crippen LogP contribution in [0.3, 0.4) is 0 Å². The second-order valence-corrected chi connectivity index (χ2v) is 6.02. The highest BCUT2D eigenvalue weighted by molar-refractivity contribution is 5.75. The molecule has 3 unspecified atom stereocenters. The minimum atomic E-state index is -1.03. The van der Waals surface area contributed by atoms with Crippen molar-refractivity contribution in [1.82, 2.24) is 5.32 Å². The average molecular weight is 289 g/mol. The van der Waals surface area contributed by atoms with Crippen molar-refractivity contribution < 1.29 is 23.5 Å². The molecule has 116 valence electrons. The predicted octanol–water partition coefficient (Wildman–Crippen LogP) is 2.58. The van der Waals surface area contributed by atoms with Gasteiger partial charge in [-0.15, -0.1) is 0 Å². The lowest BCUT2D eigenvalue weighted by atomic mass is 9.83. The molecule has 0 bridgehead atoms. The van der Waals surface area contributed by atoms with Gasteiger partial charge >= 0.3 is 12.1 Å². The van der Waals surface area contributed by atoms with Gasteiger partial charge in [-0.2, -0.15) is 0 Å². The van der Waals surface area contributed by atoms with Crippen molar-refractivity contribution >= 4 is 12.1 Å². The molecule has 1 amide bonds. The smallest absolute Gasteiger partial charge is 0.407 e. The normalized spacial score (nSPS) is 26.8. The van der Waals surface area contributed by atoms with E-state index < -0.39 is 35.8 Å². The Morgan fingerprint density at radius 2 is 1.95 bits per heavy atom. The first kappa shape index (κ1) is 16.7. The third-order valence-electron chi connectivity index (χ3n) is 3.08. The molecule has 0 saturated heterocycles. The van der Waals surface area contributed by atoms with E-state index in [1.807, 2.05) is 0 Å². The number of amides is 1. The Morgan fingerprint density at radius 1 is 1.30 bits per heavy atom. The summed E-state index contributed by atoms with van der Waals surface area (Å²) in [4.78, 5) is 23.6. The number of alkyl halides is 1. The van der Waals surface area contributed by atoms with Crippen LogP contribution < -0.4 is 5.32 Å². The summed E-state index contributed by atoms with van der Waals surface area (Å²) in [7, 11) is 0. The summed E-state index contributed by atoms with van der Waals surface area (Å²) in [6.45, 7) is 7.21. The SMILES string of the molecule is CCOC(=O)C1CC(F)CCC1NC(=O)OC(C)(C)C. The van der Waals surface area contributed by atoms with Crippen LogP contribution in [0.25, 0.3) is 0 Å². The molecular formula is C14H24FNO4. The molecule has 0 heterocycles. The molecule has 1 N–H and O–H groups in total. The largest absolute Gasteiger partial charge is 0.466 e. The molecule has 5 nitrogen and oxygen atoms in total. The monoisotopic (exact) mass is 289 g/mol. The van der Waals surface area contributed by atoms with E-state index >= 15 is 0 Å². The minimum Gasteiger partial charge on any atom is -0.466 e. The van der Waals surface area contributed by atoms with Crippen molar-refractivity contribution in [2.45, 2.75) is 64.8 Å². The molecule has 20 heavy (non-hydrogen) atoms. The van der Waals surface area contributed by atoms with Gasteiger partial charge < -0.3 is 14.8 Å². The predicted molar refractivity (Wildman–Crippen MR) is 72.0 cm³/mol. The lowest BCUT2D eigenvalue weighted by Gasteiger charge is -2.32. The fourth-order valence-corrected chi connectivity index (χ4v) is 2.26. The second-order valence-electron chi connectivity index (χ2n) is 6.02. The summed E-state index contributed by atoms with van der Waals surface area (Å²) < 4.78 is 23.6. The fourth-order valence-electron chi connectivity index (χ4n) is 2.26. The maximum absolute atomic E-state index is 13.5. The van der Waals surface area contributed by atoms with Gasteiger partial charge in [0, 0.05) is 6.04 Å². The van der Waals surface area contributed by atoms with Crippen molar-refractivity contribution in [1.29, 1.82) is 0 Å². The van der Waals surface area contributed by atoms with E-state index in [2.05, 4.69) is 5.32 Å². The highest BCUT2D eigenvalue weighted by Gasteiger charge is 2.37. The number of carbonyl (C=O) groups excluding carboxylic acids is 2. The maximum atomic E-state index is 13.5. The standard InChI is InChI=1S/C14H24FNO4/c1-5-19-12(17)10-8-9(15)6-7-11(10)16-13(18)20-14(2,3)4/h9-11H,5-8H2,1-4H3,(H,16,18). The van der Waals surface area contributed by atoms with Crippen LogP contribution in [0, 0.1) is 5.92 Å². The summed E-state index contributed by atoms with van der Waals surface area (Å²) in [5.74, 6) is -1.11. The van der Waals surface area contributed by atoms with Gasteiger partial charge in [-0.25, -0.2) is 9.18 Å². The average Bonchev–Trinajstić information content (AvgIpc) is 2.29. The Balaban J connectivity index is 2.64. The Kier molecular flexibility index (Phi) is 5.77. The van der Waals surface area contributed by atoms with Crippen LogP contribution >= 0.6 is 0 Å². The molecule has 0 aromatic rings. The number of halogens is 1. The van der Waals surface area contributed by atoms with Crippen LogP contribution in [0.1, 0.15) is 47.0 Å². The number of esters is 1. The van der Waals surface area contributed by atoms with Crippen molar-refractivity contribution in [3.05, 3.63) is 0 Å². The molecule has 0 aromatic carbocycles. The highest BCUT2D eigenvalue weighted by Crippen LogP contribution is 2.28.